The number of anilines is 1. The van der Waals surface area contributed by atoms with Crippen LogP contribution in [0.1, 0.15) is 11.1 Å². The zero-order valence-corrected chi connectivity index (χ0v) is 16.4. The van der Waals surface area contributed by atoms with Crippen molar-refractivity contribution >= 4 is 17.6 Å². The molecular formula is C22H23NO5. The average molecular weight is 381 g/mol. The molecule has 6 heteroatoms. The fraction of sp³-hybridized carbons (Fsp3) is 0.273. The van der Waals surface area contributed by atoms with Crippen LogP contribution in [0, 0.1) is 13.8 Å². The van der Waals surface area contributed by atoms with Crippen LogP contribution in [0.15, 0.2) is 53.7 Å². The number of carbonyl (C=O) groups is 2. The predicted molar refractivity (Wildman–Crippen MR) is 106 cm³/mol. The molecule has 0 fully saturated rings. The van der Waals surface area contributed by atoms with Gasteiger partial charge >= 0.3 is 11.9 Å². The molecule has 0 amide bonds. The number of esters is 2. The summed E-state index contributed by atoms with van der Waals surface area (Å²) in [6.45, 7) is 4.29. The lowest BCUT2D eigenvalue weighted by Crippen LogP contribution is -2.38. The Morgan fingerprint density at radius 3 is 2.14 bits per heavy atom. The van der Waals surface area contributed by atoms with Crippen molar-refractivity contribution in [3.05, 3.63) is 64.9 Å². The van der Waals surface area contributed by atoms with E-state index in [1.165, 1.54) is 25.3 Å². The number of methoxy groups -OCH3 is 2. The first-order valence-corrected chi connectivity index (χ1v) is 8.89. The maximum absolute atomic E-state index is 12.4. The highest BCUT2D eigenvalue weighted by Gasteiger charge is 2.32. The number of rotatable bonds is 4. The van der Waals surface area contributed by atoms with Gasteiger partial charge in [-0.3, -0.25) is 0 Å². The van der Waals surface area contributed by atoms with E-state index in [0.717, 1.165) is 11.1 Å². The van der Waals surface area contributed by atoms with Gasteiger partial charge in [0.25, 0.3) is 0 Å². The first-order chi connectivity index (χ1) is 13.5. The molecule has 0 bridgehead atoms. The van der Waals surface area contributed by atoms with Gasteiger partial charge in [-0.15, -0.1) is 0 Å². The van der Waals surface area contributed by atoms with Crippen LogP contribution in [-0.4, -0.2) is 39.5 Å². The first-order valence-electron chi connectivity index (χ1n) is 8.89. The van der Waals surface area contributed by atoms with Gasteiger partial charge in [0.2, 0.25) is 0 Å². The van der Waals surface area contributed by atoms with E-state index in [1.807, 2.05) is 24.3 Å². The van der Waals surface area contributed by atoms with E-state index in [4.69, 9.17) is 14.2 Å². The predicted octanol–water partition coefficient (Wildman–Crippen LogP) is 3.36. The van der Waals surface area contributed by atoms with Gasteiger partial charge in [0.15, 0.2) is 0 Å². The van der Waals surface area contributed by atoms with Crippen molar-refractivity contribution in [2.45, 2.75) is 13.8 Å². The SMILES string of the molecule is COC(=O)C1=C(C(=O)OC)N(c2ccc(-c3ccc(C)c(C)c3)cc2)COC1. The second-order valence-electron chi connectivity index (χ2n) is 6.56. The van der Waals surface area contributed by atoms with Crippen molar-refractivity contribution in [1.29, 1.82) is 0 Å². The minimum Gasteiger partial charge on any atom is -0.466 e. The topological polar surface area (TPSA) is 65.1 Å². The van der Waals surface area contributed by atoms with Gasteiger partial charge in [-0.25, -0.2) is 9.59 Å². The Hall–Kier alpha value is -3.12. The standard InChI is InChI=1S/C22H23NO5/c1-14-5-6-17(11-15(14)2)16-7-9-18(10-8-16)23-13-28-12-19(21(24)26-3)20(23)22(25)27-4/h5-11H,12-13H2,1-4H3. The fourth-order valence-corrected chi connectivity index (χ4v) is 3.10. The number of carbonyl (C=O) groups excluding carboxylic acids is 2. The molecule has 0 radical (unpaired) electrons. The summed E-state index contributed by atoms with van der Waals surface area (Å²) in [6.07, 6.45) is 0. The zero-order valence-electron chi connectivity index (χ0n) is 16.4. The average Bonchev–Trinajstić information content (AvgIpc) is 2.74. The van der Waals surface area contributed by atoms with Crippen molar-refractivity contribution in [3.8, 4) is 11.1 Å². The zero-order chi connectivity index (χ0) is 20.3. The molecule has 0 saturated heterocycles. The Bertz CT molecular complexity index is 930. The van der Waals surface area contributed by atoms with E-state index in [1.54, 1.807) is 4.90 Å². The van der Waals surface area contributed by atoms with Crippen LogP contribution in [0.25, 0.3) is 11.1 Å². The van der Waals surface area contributed by atoms with Crippen molar-refractivity contribution in [3.63, 3.8) is 0 Å². The molecule has 3 rings (SSSR count). The summed E-state index contributed by atoms with van der Waals surface area (Å²) in [6, 6.07) is 14.0. The van der Waals surface area contributed by atoms with E-state index >= 15 is 0 Å². The molecule has 0 aliphatic carbocycles. The smallest absolute Gasteiger partial charge is 0.355 e. The number of nitrogens with zero attached hydrogens (tertiary/aromatic N) is 1. The molecule has 0 spiro atoms. The lowest BCUT2D eigenvalue weighted by Gasteiger charge is -2.31. The summed E-state index contributed by atoms with van der Waals surface area (Å²) < 4.78 is 15.2. The molecule has 146 valence electrons. The molecule has 6 nitrogen and oxygen atoms in total. The normalized spacial score (nSPS) is 14.1. The van der Waals surface area contributed by atoms with Crippen molar-refractivity contribution in [1.82, 2.24) is 0 Å². The quantitative estimate of drug-likeness (QED) is 0.757. The molecule has 2 aromatic carbocycles. The molecule has 0 N–H and O–H groups in total. The van der Waals surface area contributed by atoms with Crippen LogP contribution < -0.4 is 4.90 Å². The molecule has 0 atom stereocenters. The number of benzene rings is 2. The van der Waals surface area contributed by atoms with Gasteiger partial charge in [-0.2, -0.15) is 0 Å². The summed E-state index contributed by atoms with van der Waals surface area (Å²) >= 11 is 0. The molecule has 1 heterocycles. The van der Waals surface area contributed by atoms with Gasteiger partial charge in [0.1, 0.15) is 12.4 Å². The Kier molecular flexibility index (Phi) is 5.80. The second kappa shape index (κ2) is 8.27. The van der Waals surface area contributed by atoms with Crippen LogP contribution in [0.5, 0.6) is 0 Å². The van der Waals surface area contributed by atoms with E-state index in [9.17, 15) is 9.59 Å². The fourth-order valence-electron chi connectivity index (χ4n) is 3.10. The third-order valence-electron chi connectivity index (χ3n) is 4.85. The lowest BCUT2D eigenvalue weighted by atomic mass is 10.00. The Labute approximate surface area is 164 Å². The van der Waals surface area contributed by atoms with Gasteiger partial charge in [0.05, 0.1) is 26.4 Å². The maximum Gasteiger partial charge on any atom is 0.355 e. The minimum absolute atomic E-state index is 0.00562. The number of hydrogen-bond acceptors (Lipinski definition) is 6. The van der Waals surface area contributed by atoms with Gasteiger partial charge in [0, 0.05) is 5.69 Å². The number of hydrogen-bond donors (Lipinski definition) is 0. The summed E-state index contributed by atoms with van der Waals surface area (Å²) in [4.78, 5) is 26.0. The molecule has 2 aromatic rings. The Morgan fingerprint density at radius 2 is 1.54 bits per heavy atom. The van der Waals surface area contributed by atoms with E-state index in [0.29, 0.717) is 5.69 Å². The largest absolute Gasteiger partial charge is 0.466 e. The van der Waals surface area contributed by atoms with Crippen LogP contribution in [-0.2, 0) is 23.8 Å². The molecule has 1 aliphatic heterocycles. The highest BCUT2D eigenvalue weighted by Crippen LogP contribution is 2.29. The monoisotopic (exact) mass is 381 g/mol. The summed E-state index contributed by atoms with van der Waals surface area (Å²) in [5.74, 6) is -1.22. The number of aryl methyl sites for hydroxylation is 2. The first kappa shape index (κ1) is 19.6. The van der Waals surface area contributed by atoms with Crippen molar-refractivity contribution in [2.24, 2.45) is 0 Å². The van der Waals surface area contributed by atoms with Gasteiger partial charge in [-0.1, -0.05) is 30.3 Å². The summed E-state index contributed by atoms with van der Waals surface area (Å²) in [5, 5.41) is 0. The molecule has 1 aliphatic rings. The third-order valence-corrected chi connectivity index (χ3v) is 4.85. The van der Waals surface area contributed by atoms with Crippen LogP contribution in [0.3, 0.4) is 0 Å². The van der Waals surface area contributed by atoms with Gasteiger partial charge < -0.3 is 19.1 Å². The molecular weight excluding hydrogens is 358 g/mol. The highest BCUT2D eigenvalue weighted by molar-refractivity contribution is 6.03. The van der Waals surface area contributed by atoms with Gasteiger partial charge in [-0.05, 0) is 48.2 Å². The highest BCUT2D eigenvalue weighted by atomic mass is 16.5. The molecule has 28 heavy (non-hydrogen) atoms. The Morgan fingerprint density at radius 1 is 0.893 bits per heavy atom. The minimum atomic E-state index is -0.614. The van der Waals surface area contributed by atoms with Crippen LogP contribution in [0.4, 0.5) is 5.69 Å². The molecule has 0 unspecified atom stereocenters. The molecule has 0 aromatic heterocycles. The number of ether oxygens (including phenoxy) is 3. The summed E-state index contributed by atoms with van der Waals surface area (Å²) in [7, 11) is 2.54. The lowest BCUT2D eigenvalue weighted by molar-refractivity contribution is -0.140. The third kappa shape index (κ3) is 3.77. The Balaban J connectivity index is 1.98. The van der Waals surface area contributed by atoms with Crippen molar-refractivity contribution in [2.75, 3.05) is 32.5 Å². The van der Waals surface area contributed by atoms with E-state index in [-0.39, 0.29) is 24.6 Å². The van der Waals surface area contributed by atoms with Crippen LogP contribution in [0.2, 0.25) is 0 Å². The van der Waals surface area contributed by atoms with Crippen molar-refractivity contribution < 1.29 is 23.8 Å². The molecule has 0 saturated carbocycles. The van der Waals surface area contributed by atoms with E-state index < -0.39 is 11.9 Å². The van der Waals surface area contributed by atoms with E-state index in [2.05, 4.69) is 32.0 Å². The second-order valence-corrected chi connectivity index (χ2v) is 6.56. The summed E-state index contributed by atoms with van der Waals surface area (Å²) in [5.41, 5.74) is 5.64. The van der Waals surface area contributed by atoms with Crippen LogP contribution >= 0.6 is 0 Å². The maximum atomic E-state index is 12.4.